The van der Waals surface area contributed by atoms with Gasteiger partial charge in [-0.25, -0.2) is 14.4 Å². The minimum absolute atomic E-state index is 0.0988. The van der Waals surface area contributed by atoms with E-state index in [1.54, 1.807) is 27.7 Å². The molecule has 2 heterocycles. The summed E-state index contributed by atoms with van der Waals surface area (Å²) in [6, 6.07) is 9.39. The SMILES string of the molecule is CC(C)[C@@H](N)C(=O)OCC(C)(C)C(=O)SCCOP(=O)(NCc1ccccc1)OC[C@H]1O[C@@H](n2ccc(=O)[nH]c2=O)[C@](C)(Cl)[C@@H]1O. The van der Waals surface area contributed by atoms with Gasteiger partial charge in [0.15, 0.2) is 11.3 Å². The zero-order valence-corrected chi connectivity index (χ0v) is 28.8. The van der Waals surface area contributed by atoms with E-state index in [1.807, 2.05) is 30.3 Å². The highest BCUT2D eigenvalue weighted by Crippen LogP contribution is 2.47. The second kappa shape index (κ2) is 16.2. The van der Waals surface area contributed by atoms with Crippen LogP contribution in [0.4, 0.5) is 0 Å². The summed E-state index contributed by atoms with van der Waals surface area (Å²) in [5.74, 6) is -0.604. The maximum atomic E-state index is 13.8. The molecular formula is C29H42ClN4O10PS. The number of halogens is 1. The maximum Gasteiger partial charge on any atom is 0.405 e. The summed E-state index contributed by atoms with van der Waals surface area (Å²) in [6.07, 6.45) is -2.50. The van der Waals surface area contributed by atoms with Crippen LogP contribution in [0.1, 0.15) is 46.4 Å². The van der Waals surface area contributed by atoms with Gasteiger partial charge >= 0.3 is 19.4 Å². The van der Waals surface area contributed by atoms with Gasteiger partial charge in [-0.05, 0) is 32.3 Å². The highest BCUT2D eigenvalue weighted by atomic mass is 35.5. The Morgan fingerprint density at radius 3 is 2.54 bits per heavy atom. The van der Waals surface area contributed by atoms with Crippen molar-refractivity contribution in [3.05, 3.63) is 69.0 Å². The summed E-state index contributed by atoms with van der Waals surface area (Å²) in [6.45, 7) is 7.66. The molecule has 2 aromatic rings. The van der Waals surface area contributed by atoms with Gasteiger partial charge in [0, 0.05) is 24.6 Å². The number of aliphatic hydroxyl groups excluding tert-OH is 1. The van der Waals surface area contributed by atoms with E-state index in [2.05, 4.69) is 10.1 Å². The molecule has 3 rings (SSSR count). The lowest BCUT2D eigenvalue weighted by molar-refractivity contribution is -0.150. The molecule has 0 spiro atoms. The highest BCUT2D eigenvalue weighted by Gasteiger charge is 2.54. The first-order valence-corrected chi connectivity index (χ1v) is 17.5. The fraction of sp³-hybridized carbons (Fsp3) is 0.586. The van der Waals surface area contributed by atoms with Gasteiger partial charge in [0.25, 0.3) is 5.56 Å². The molecule has 17 heteroatoms. The van der Waals surface area contributed by atoms with Crippen molar-refractivity contribution >= 4 is 42.2 Å². The number of ether oxygens (including phenoxy) is 2. The van der Waals surface area contributed by atoms with Gasteiger partial charge in [-0.2, -0.15) is 0 Å². The van der Waals surface area contributed by atoms with Crippen molar-refractivity contribution in [2.45, 2.75) is 70.5 Å². The van der Waals surface area contributed by atoms with E-state index in [-0.39, 0.29) is 36.5 Å². The lowest BCUT2D eigenvalue weighted by Crippen LogP contribution is -2.43. The van der Waals surface area contributed by atoms with Gasteiger partial charge < -0.3 is 20.3 Å². The summed E-state index contributed by atoms with van der Waals surface area (Å²) in [5, 5.41) is 13.4. The fourth-order valence-electron chi connectivity index (χ4n) is 4.21. The molecule has 1 unspecified atom stereocenters. The van der Waals surface area contributed by atoms with Crippen LogP contribution < -0.4 is 22.1 Å². The average Bonchev–Trinajstić information content (AvgIpc) is 3.23. The maximum absolute atomic E-state index is 13.8. The first-order chi connectivity index (χ1) is 21.5. The van der Waals surface area contributed by atoms with Gasteiger partial charge in [-0.3, -0.25) is 33.0 Å². The number of aliphatic hydroxyl groups is 1. The Balaban J connectivity index is 1.63. The average molecular weight is 705 g/mol. The molecule has 1 aliphatic heterocycles. The predicted molar refractivity (Wildman–Crippen MR) is 173 cm³/mol. The summed E-state index contributed by atoms with van der Waals surface area (Å²) in [7, 11) is -4.07. The molecule has 0 amide bonds. The van der Waals surface area contributed by atoms with Gasteiger partial charge in [0.1, 0.15) is 29.7 Å². The standard InChI is InChI=1S/C29H42ClN4O10PS/c1-18(2)22(31)24(37)41-17-28(3,4)26(38)46-14-13-42-45(40,32-15-19-9-7-6-8-10-19)43-16-20-23(36)29(5,30)25(44-20)34-12-11-21(35)33-27(34)39/h6-12,18,20,22-23,25,36H,13-17,31H2,1-5H3,(H,32,40)(H,33,35,39)/t20-,22-,23-,25-,29-,45?/m1/s1. The van der Waals surface area contributed by atoms with Crippen molar-refractivity contribution in [3.8, 4) is 0 Å². The largest absolute Gasteiger partial charge is 0.463 e. The first kappa shape index (κ1) is 38.1. The predicted octanol–water partition coefficient (Wildman–Crippen LogP) is 2.54. The van der Waals surface area contributed by atoms with E-state index in [4.69, 9.17) is 35.9 Å². The number of alkyl halides is 1. The second-order valence-electron chi connectivity index (χ2n) is 12.0. The monoisotopic (exact) mass is 704 g/mol. The number of aromatic nitrogens is 2. The summed E-state index contributed by atoms with van der Waals surface area (Å²) in [5.41, 5.74) is 4.19. The van der Waals surface area contributed by atoms with Crippen molar-refractivity contribution < 1.29 is 37.8 Å². The Morgan fingerprint density at radius 1 is 1.24 bits per heavy atom. The summed E-state index contributed by atoms with van der Waals surface area (Å²) >= 11 is 7.51. The van der Waals surface area contributed by atoms with Crippen molar-refractivity contribution in [2.75, 3.05) is 25.6 Å². The molecule has 46 heavy (non-hydrogen) atoms. The number of hydrogen-bond donors (Lipinski definition) is 4. The van der Waals surface area contributed by atoms with E-state index >= 15 is 0 Å². The number of carbonyl (C=O) groups excluding carboxylic acids is 2. The van der Waals surface area contributed by atoms with E-state index in [9.17, 15) is 28.8 Å². The van der Waals surface area contributed by atoms with E-state index in [1.165, 1.54) is 13.1 Å². The number of thioether (sulfide) groups is 1. The number of nitrogens with two attached hydrogens (primary N) is 1. The minimum atomic E-state index is -4.07. The Hall–Kier alpha value is -2.33. The van der Waals surface area contributed by atoms with Crippen molar-refractivity contribution in [1.82, 2.24) is 14.6 Å². The van der Waals surface area contributed by atoms with Crippen LogP contribution in [0.15, 0.2) is 52.2 Å². The summed E-state index contributed by atoms with van der Waals surface area (Å²) in [4.78, 5) is 49.5. The van der Waals surface area contributed by atoms with Crippen LogP contribution in [-0.4, -0.2) is 74.4 Å². The van der Waals surface area contributed by atoms with Crippen LogP contribution in [0.3, 0.4) is 0 Å². The minimum Gasteiger partial charge on any atom is -0.463 e. The number of H-pyrrole nitrogens is 1. The molecule has 0 radical (unpaired) electrons. The Labute approximate surface area is 276 Å². The third-order valence-corrected chi connectivity index (χ3v) is 10.4. The van der Waals surface area contributed by atoms with Crippen molar-refractivity contribution in [1.29, 1.82) is 0 Å². The molecule has 14 nitrogen and oxygen atoms in total. The summed E-state index contributed by atoms with van der Waals surface area (Å²) < 4.78 is 37.3. The smallest absolute Gasteiger partial charge is 0.405 e. The van der Waals surface area contributed by atoms with E-state index < -0.39 is 66.3 Å². The zero-order valence-electron chi connectivity index (χ0n) is 26.3. The number of rotatable bonds is 16. The number of hydrogen-bond acceptors (Lipinski definition) is 12. The molecule has 5 N–H and O–H groups in total. The molecule has 1 aromatic heterocycles. The normalized spacial score (nSPS) is 23.6. The van der Waals surface area contributed by atoms with E-state index in [0.29, 0.717) is 0 Å². The lowest BCUT2D eigenvalue weighted by atomic mass is 9.97. The van der Waals surface area contributed by atoms with Gasteiger partial charge in [-0.15, -0.1) is 11.6 Å². The molecular weight excluding hydrogens is 663 g/mol. The van der Waals surface area contributed by atoms with Crippen molar-refractivity contribution in [2.24, 2.45) is 17.1 Å². The van der Waals surface area contributed by atoms with Crippen LogP contribution in [0, 0.1) is 11.3 Å². The molecule has 256 valence electrons. The third-order valence-electron chi connectivity index (χ3n) is 7.25. The Morgan fingerprint density at radius 2 is 1.91 bits per heavy atom. The number of benzene rings is 1. The fourth-order valence-corrected chi connectivity index (χ4v) is 6.74. The van der Waals surface area contributed by atoms with Crippen LogP contribution in [0.25, 0.3) is 0 Å². The number of aromatic amines is 1. The lowest BCUT2D eigenvalue weighted by Gasteiger charge is -2.26. The molecule has 0 saturated carbocycles. The van der Waals surface area contributed by atoms with Crippen LogP contribution >= 0.6 is 31.1 Å². The highest BCUT2D eigenvalue weighted by molar-refractivity contribution is 8.13. The zero-order chi connectivity index (χ0) is 34.3. The molecule has 1 aliphatic rings. The van der Waals surface area contributed by atoms with Gasteiger partial charge in [0.2, 0.25) is 0 Å². The van der Waals surface area contributed by atoms with Crippen LogP contribution in [-0.2, 0) is 39.2 Å². The molecule has 0 bridgehead atoms. The Kier molecular flexibility index (Phi) is 13.4. The van der Waals surface area contributed by atoms with E-state index in [0.717, 1.165) is 28.0 Å². The van der Waals surface area contributed by atoms with Gasteiger partial charge in [-0.1, -0.05) is 55.9 Å². The van der Waals surface area contributed by atoms with Gasteiger partial charge in [0.05, 0.1) is 18.6 Å². The Bertz CT molecular complexity index is 1500. The quantitative estimate of drug-likeness (QED) is 0.0861. The number of esters is 1. The topological polar surface area (TPSA) is 201 Å². The number of carbonyl (C=O) groups is 2. The molecule has 1 saturated heterocycles. The molecule has 1 aromatic carbocycles. The first-order valence-electron chi connectivity index (χ1n) is 14.6. The molecule has 0 aliphatic carbocycles. The number of nitrogens with zero attached hydrogens (tertiary/aromatic N) is 1. The second-order valence-corrected chi connectivity index (χ2v) is 15.7. The van der Waals surface area contributed by atoms with Crippen LogP contribution in [0.5, 0.6) is 0 Å². The van der Waals surface area contributed by atoms with Crippen molar-refractivity contribution in [3.63, 3.8) is 0 Å². The van der Waals surface area contributed by atoms with Crippen LogP contribution in [0.2, 0.25) is 0 Å². The third kappa shape index (κ3) is 10.1. The molecule has 6 atom stereocenters. The number of nitrogens with one attached hydrogen (secondary N) is 2. The molecule has 1 fully saturated rings.